The molecule has 0 saturated carbocycles. The summed E-state index contributed by atoms with van der Waals surface area (Å²) < 4.78 is 10.3. The number of hydrogen-bond donors (Lipinski definition) is 0. The topological polar surface area (TPSA) is 92.7 Å². The third-order valence-corrected chi connectivity index (χ3v) is 4.67. The zero-order chi connectivity index (χ0) is 19.2. The molecule has 0 N–H and O–H groups in total. The predicted molar refractivity (Wildman–Crippen MR) is 91.3 cm³/mol. The molecule has 0 aliphatic rings. The van der Waals surface area contributed by atoms with Gasteiger partial charge in [0.1, 0.15) is 5.60 Å². The van der Waals surface area contributed by atoms with Crippen LogP contribution in [-0.4, -0.2) is 42.1 Å². The van der Waals surface area contributed by atoms with Gasteiger partial charge in [-0.2, -0.15) is 11.8 Å². The van der Waals surface area contributed by atoms with Gasteiger partial charge in [0, 0.05) is 11.7 Å². The van der Waals surface area contributed by atoms with Crippen LogP contribution in [-0.2, 0) is 23.9 Å². The van der Waals surface area contributed by atoms with Crippen LogP contribution in [0.25, 0.3) is 0 Å². The Morgan fingerprint density at radius 1 is 1.00 bits per heavy atom. The highest BCUT2D eigenvalue weighted by atomic mass is 32.2. The minimum absolute atomic E-state index is 0.0878. The van der Waals surface area contributed by atoms with Gasteiger partial charge in [-0.15, -0.1) is 0 Å². The number of methoxy groups -OCH3 is 1. The Hall–Kier alpha value is -1.24. The van der Waals surface area contributed by atoms with Crippen LogP contribution in [0.3, 0.4) is 0 Å². The van der Waals surface area contributed by atoms with Gasteiger partial charge in [0.25, 0.3) is 0 Å². The lowest BCUT2D eigenvalue weighted by Gasteiger charge is -2.36. The summed E-state index contributed by atoms with van der Waals surface area (Å²) in [5, 5.41) is 10.5. The number of esters is 2. The van der Waals surface area contributed by atoms with E-state index in [1.807, 2.05) is 0 Å². The highest BCUT2D eigenvalue weighted by molar-refractivity contribution is 7.99. The van der Waals surface area contributed by atoms with Crippen LogP contribution in [0.4, 0.5) is 0 Å². The maximum atomic E-state index is 12.7. The number of thioether (sulfide) groups is 1. The van der Waals surface area contributed by atoms with E-state index in [-0.39, 0.29) is 12.8 Å². The number of carbonyl (C=O) groups is 3. The second kappa shape index (κ2) is 8.74. The number of hydrogen-bond acceptors (Lipinski definition) is 7. The van der Waals surface area contributed by atoms with Crippen LogP contribution >= 0.6 is 11.8 Å². The largest absolute Gasteiger partial charge is 0.550 e. The van der Waals surface area contributed by atoms with E-state index in [4.69, 9.17) is 9.47 Å². The quantitative estimate of drug-likeness (QED) is 0.456. The second-order valence-electron chi connectivity index (χ2n) is 7.79. The average Bonchev–Trinajstić information content (AvgIpc) is 2.40. The van der Waals surface area contributed by atoms with Gasteiger partial charge in [0.2, 0.25) is 0 Å². The molecule has 0 aromatic heterocycles. The smallest absolute Gasteiger partial charge is 0.313 e. The summed E-state index contributed by atoms with van der Waals surface area (Å²) in [5.74, 6) is -1.27. The van der Waals surface area contributed by atoms with Gasteiger partial charge in [-0.3, -0.25) is 9.59 Å². The standard InChI is InChI=1S/C17H30O6S/c1-15(2,3)23-14(21)17(6,11-24-9-8-12(18)19)10-16(4,5)13(20)22-7/h8-11H2,1-7H3,(H,18,19)/p-1. The molecule has 0 fully saturated rings. The van der Waals surface area contributed by atoms with E-state index in [0.717, 1.165) is 0 Å². The number of carboxylic acid groups (broad SMARTS) is 1. The molecule has 24 heavy (non-hydrogen) atoms. The van der Waals surface area contributed by atoms with Crippen molar-refractivity contribution in [3.05, 3.63) is 0 Å². The van der Waals surface area contributed by atoms with Gasteiger partial charge < -0.3 is 19.4 Å². The Morgan fingerprint density at radius 3 is 1.96 bits per heavy atom. The molecular weight excluding hydrogens is 332 g/mol. The van der Waals surface area contributed by atoms with E-state index in [1.165, 1.54) is 18.9 Å². The third-order valence-electron chi connectivity index (χ3n) is 3.33. The predicted octanol–water partition coefficient (Wildman–Crippen LogP) is 1.80. The zero-order valence-electron chi connectivity index (χ0n) is 15.7. The highest BCUT2D eigenvalue weighted by Crippen LogP contribution is 2.39. The molecule has 140 valence electrons. The van der Waals surface area contributed by atoms with E-state index in [1.54, 1.807) is 41.5 Å². The summed E-state index contributed by atoms with van der Waals surface area (Å²) in [4.78, 5) is 35.2. The van der Waals surface area contributed by atoms with Crippen LogP contribution in [0.1, 0.15) is 54.4 Å². The molecule has 0 aliphatic heterocycles. The summed E-state index contributed by atoms with van der Waals surface area (Å²) >= 11 is 1.33. The van der Waals surface area contributed by atoms with E-state index < -0.39 is 34.3 Å². The Morgan fingerprint density at radius 2 is 1.54 bits per heavy atom. The third kappa shape index (κ3) is 8.04. The first kappa shape index (κ1) is 22.8. The SMILES string of the molecule is COC(=O)C(C)(C)CC(C)(CSCCC(=O)[O-])C(=O)OC(C)(C)C. The lowest BCUT2D eigenvalue weighted by Crippen LogP contribution is -2.42. The highest BCUT2D eigenvalue weighted by Gasteiger charge is 2.44. The van der Waals surface area contributed by atoms with E-state index in [2.05, 4.69) is 0 Å². The van der Waals surface area contributed by atoms with Crippen LogP contribution in [0.15, 0.2) is 0 Å². The van der Waals surface area contributed by atoms with Gasteiger partial charge in [-0.05, 0) is 60.1 Å². The molecule has 1 atom stereocenters. The monoisotopic (exact) mass is 361 g/mol. The van der Waals surface area contributed by atoms with Crippen molar-refractivity contribution in [1.29, 1.82) is 0 Å². The molecule has 0 saturated heterocycles. The molecule has 0 aromatic rings. The van der Waals surface area contributed by atoms with Crippen molar-refractivity contribution >= 4 is 29.7 Å². The van der Waals surface area contributed by atoms with Gasteiger partial charge >= 0.3 is 11.9 Å². The minimum atomic E-state index is -1.13. The Labute approximate surface area is 148 Å². The van der Waals surface area contributed by atoms with Crippen molar-refractivity contribution in [1.82, 2.24) is 0 Å². The number of rotatable bonds is 9. The fraction of sp³-hybridized carbons (Fsp3) is 0.824. The van der Waals surface area contributed by atoms with Crippen LogP contribution < -0.4 is 5.11 Å². The fourth-order valence-electron chi connectivity index (χ4n) is 2.36. The summed E-state index contributed by atoms with van der Waals surface area (Å²) in [5.41, 5.74) is -2.46. The Kier molecular flexibility index (Phi) is 8.29. The molecule has 0 aromatic carbocycles. The van der Waals surface area contributed by atoms with Crippen molar-refractivity contribution in [3.63, 3.8) is 0 Å². The van der Waals surface area contributed by atoms with Crippen molar-refractivity contribution in [2.75, 3.05) is 18.6 Å². The maximum absolute atomic E-state index is 12.7. The summed E-state index contributed by atoms with van der Waals surface area (Å²) in [7, 11) is 1.31. The van der Waals surface area contributed by atoms with E-state index >= 15 is 0 Å². The lowest BCUT2D eigenvalue weighted by molar-refractivity contribution is -0.305. The van der Waals surface area contributed by atoms with Crippen LogP contribution in [0.5, 0.6) is 0 Å². The number of carbonyl (C=O) groups excluding carboxylic acids is 3. The molecule has 0 amide bonds. The van der Waals surface area contributed by atoms with Gasteiger partial charge in [-0.25, -0.2) is 0 Å². The van der Waals surface area contributed by atoms with Crippen LogP contribution in [0, 0.1) is 10.8 Å². The first-order valence-corrected chi connectivity index (χ1v) is 8.98. The summed E-state index contributed by atoms with van der Waals surface area (Å²) in [6, 6.07) is 0. The molecule has 7 heteroatoms. The first-order chi connectivity index (χ1) is 10.7. The molecule has 0 rings (SSSR count). The Bertz CT molecular complexity index is 466. The Balaban J connectivity index is 5.22. The molecular formula is C17H29O6S-. The molecule has 0 spiro atoms. The molecule has 0 heterocycles. The number of aliphatic carboxylic acids is 1. The molecule has 0 bridgehead atoms. The van der Waals surface area contributed by atoms with Gasteiger partial charge in [-0.1, -0.05) is 0 Å². The summed E-state index contributed by atoms with van der Waals surface area (Å²) in [6.45, 7) is 10.5. The number of carboxylic acids is 1. The molecule has 1 unspecified atom stereocenters. The van der Waals surface area contributed by atoms with Gasteiger partial charge in [0.05, 0.1) is 17.9 Å². The van der Waals surface area contributed by atoms with Crippen LogP contribution in [0.2, 0.25) is 0 Å². The molecule has 0 radical (unpaired) electrons. The minimum Gasteiger partial charge on any atom is -0.550 e. The summed E-state index contributed by atoms with van der Waals surface area (Å²) in [6.07, 6.45) is 0.148. The average molecular weight is 361 g/mol. The van der Waals surface area contributed by atoms with Crippen molar-refractivity contribution < 1.29 is 29.0 Å². The zero-order valence-corrected chi connectivity index (χ0v) is 16.5. The molecule has 6 nitrogen and oxygen atoms in total. The lowest BCUT2D eigenvalue weighted by atomic mass is 9.75. The number of ether oxygens (including phenoxy) is 2. The normalized spacial score (nSPS) is 14.6. The van der Waals surface area contributed by atoms with Crippen molar-refractivity contribution in [3.8, 4) is 0 Å². The first-order valence-electron chi connectivity index (χ1n) is 7.83. The molecule has 0 aliphatic carbocycles. The maximum Gasteiger partial charge on any atom is 0.313 e. The van der Waals surface area contributed by atoms with E-state index in [0.29, 0.717) is 11.5 Å². The van der Waals surface area contributed by atoms with Crippen molar-refractivity contribution in [2.45, 2.75) is 60.0 Å². The second-order valence-corrected chi connectivity index (χ2v) is 8.89. The van der Waals surface area contributed by atoms with E-state index in [9.17, 15) is 19.5 Å². The van der Waals surface area contributed by atoms with Crippen molar-refractivity contribution in [2.24, 2.45) is 10.8 Å². The fourth-order valence-corrected chi connectivity index (χ4v) is 3.49. The van der Waals surface area contributed by atoms with Gasteiger partial charge in [0.15, 0.2) is 0 Å².